The smallest absolute Gasteiger partial charge is 0.0810 e. The third-order valence-electron chi connectivity index (χ3n) is 3.01. The quantitative estimate of drug-likeness (QED) is 0.593. The lowest BCUT2D eigenvalue weighted by Crippen LogP contribution is -3.00. The van der Waals surface area contributed by atoms with Crippen molar-refractivity contribution in [1.29, 1.82) is 0 Å². The Morgan fingerprint density at radius 2 is 0.667 bits per heavy atom. The Labute approximate surface area is 127 Å². The van der Waals surface area contributed by atoms with E-state index in [-0.39, 0.29) is 17.0 Å². The van der Waals surface area contributed by atoms with Crippen molar-refractivity contribution in [2.45, 2.75) is 55.4 Å². The van der Waals surface area contributed by atoms with Gasteiger partial charge in [0.25, 0.3) is 0 Å². The predicted octanol–water partition coefficient (Wildman–Crippen LogP) is 1.43. The van der Waals surface area contributed by atoms with Gasteiger partial charge in [0.2, 0.25) is 0 Å². The van der Waals surface area contributed by atoms with Crippen LogP contribution in [-0.2, 0) is 0 Å². The van der Waals surface area contributed by atoms with Crippen LogP contribution in [0.1, 0.15) is 55.4 Å². The van der Waals surface area contributed by atoms with E-state index in [0.29, 0.717) is 0 Å². The molecular formula is C16H36BrN. The van der Waals surface area contributed by atoms with Gasteiger partial charge in [-0.1, -0.05) is 55.4 Å². The molecule has 0 heterocycles. The fourth-order valence-corrected chi connectivity index (χ4v) is 3.55. The lowest BCUT2D eigenvalue weighted by molar-refractivity contribution is -0.938. The molecule has 0 rings (SSSR count). The molecule has 0 amide bonds. The van der Waals surface area contributed by atoms with E-state index in [0.717, 1.165) is 23.7 Å². The summed E-state index contributed by atoms with van der Waals surface area (Å²) in [5, 5.41) is 0. The summed E-state index contributed by atoms with van der Waals surface area (Å²) in [4.78, 5) is 0. The van der Waals surface area contributed by atoms with E-state index in [1.165, 1.54) is 30.7 Å². The van der Waals surface area contributed by atoms with Crippen LogP contribution < -0.4 is 17.0 Å². The molecule has 0 aliphatic carbocycles. The molecule has 0 fully saturated rings. The Balaban J connectivity index is 0. The van der Waals surface area contributed by atoms with Crippen molar-refractivity contribution in [3.8, 4) is 0 Å². The van der Waals surface area contributed by atoms with Crippen molar-refractivity contribution in [2.24, 2.45) is 23.7 Å². The zero-order valence-electron chi connectivity index (χ0n) is 14.0. The maximum atomic E-state index is 2.37. The summed E-state index contributed by atoms with van der Waals surface area (Å²) in [5.41, 5.74) is 0. The lowest BCUT2D eigenvalue weighted by atomic mass is 10.0. The van der Waals surface area contributed by atoms with E-state index in [9.17, 15) is 0 Å². The van der Waals surface area contributed by atoms with Gasteiger partial charge in [-0.3, -0.25) is 0 Å². The summed E-state index contributed by atoms with van der Waals surface area (Å²) in [5.74, 6) is 3.19. The Morgan fingerprint density at radius 1 is 0.500 bits per heavy atom. The largest absolute Gasteiger partial charge is 1.00 e. The highest BCUT2D eigenvalue weighted by Gasteiger charge is 2.31. The van der Waals surface area contributed by atoms with Gasteiger partial charge in [-0.15, -0.1) is 0 Å². The topological polar surface area (TPSA) is 0 Å². The first-order valence-corrected chi connectivity index (χ1v) is 7.52. The average Bonchev–Trinajstić information content (AvgIpc) is 1.95. The standard InChI is InChI=1S/C16H36N.BrH/c1-13(2)9-17(10-14(3)4,11-15(5)6)12-16(7)8;/h13-16H,9-12H2,1-8H3;1H/q+1;/p-1. The van der Waals surface area contributed by atoms with Crippen LogP contribution in [0.3, 0.4) is 0 Å². The van der Waals surface area contributed by atoms with Gasteiger partial charge in [-0.2, -0.15) is 0 Å². The molecule has 0 saturated heterocycles. The Bertz CT molecular complexity index is 152. The first kappa shape index (κ1) is 20.8. The second-order valence-electron chi connectivity index (χ2n) is 7.65. The van der Waals surface area contributed by atoms with E-state index >= 15 is 0 Å². The molecule has 0 N–H and O–H groups in total. The van der Waals surface area contributed by atoms with E-state index in [4.69, 9.17) is 0 Å². The van der Waals surface area contributed by atoms with Crippen LogP contribution in [0.15, 0.2) is 0 Å². The minimum absolute atomic E-state index is 0. The van der Waals surface area contributed by atoms with Crippen LogP contribution in [0.2, 0.25) is 0 Å². The third-order valence-corrected chi connectivity index (χ3v) is 3.01. The van der Waals surface area contributed by atoms with E-state index < -0.39 is 0 Å². The first-order valence-electron chi connectivity index (χ1n) is 7.52. The number of rotatable bonds is 8. The molecule has 0 saturated carbocycles. The summed E-state index contributed by atoms with van der Waals surface area (Å²) in [7, 11) is 0. The Morgan fingerprint density at radius 3 is 0.778 bits per heavy atom. The minimum atomic E-state index is 0. The Hall–Kier alpha value is 0.440. The fraction of sp³-hybridized carbons (Fsp3) is 1.00. The third kappa shape index (κ3) is 9.38. The molecule has 112 valence electrons. The van der Waals surface area contributed by atoms with Gasteiger partial charge in [0.1, 0.15) is 0 Å². The fourth-order valence-electron chi connectivity index (χ4n) is 3.55. The number of nitrogens with zero attached hydrogens (tertiary/aromatic N) is 1. The lowest BCUT2D eigenvalue weighted by Gasteiger charge is -2.44. The van der Waals surface area contributed by atoms with Crippen LogP contribution in [0, 0.1) is 23.7 Å². The molecule has 0 bridgehead atoms. The van der Waals surface area contributed by atoms with Crippen LogP contribution in [0.25, 0.3) is 0 Å². The SMILES string of the molecule is CC(C)C[N+](CC(C)C)(CC(C)C)CC(C)C.[Br-]. The molecule has 1 nitrogen and oxygen atoms in total. The van der Waals surface area contributed by atoms with Gasteiger partial charge < -0.3 is 21.5 Å². The molecule has 0 spiro atoms. The van der Waals surface area contributed by atoms with Crippen LogP contribution in [-0.4, -0.2) is 30.7 Å². The molecule has 0 atom stereocenters. The van der Waals surface area contributed by atoms with Gasteiger partial charge >= 0.3 is 0 Å². The van der Waals surface area contributed by atoms with Crippen LogP contribution in [0.4, 0.5) is 0 Å². The van der Waals surface area contributed by atoms with Gasteiger partial charge in [-0.25, -0.2) is 0 Å². The van der Waals surface area contributed by atoms with Gasteiger partial charge in [-0.05, 0) is 0 Å². The normalized spacial score (nSPS) is 12.7. The molecule has 0 aromatic rings. The van der Waals surface area contributed by atoms with Crippen molar-refractivity contribution >= 4 is 0 Å². The van der Waals surface area contributed by atoms with E-state index in [1.54, 1.807) is 0 Å². The minimum Gasteiger partial charge on any atom is -1.00 e. The van der Waals surface area contributed by atoms with Crippen LogP contribution >= 0.6 is 0 Å². The van der Waals surface area contributed by atoms with Crippen molar-refractivity contribution in [2.75, 3.05) is 26.2 Å². The van der Waals surface area contributed by atoms with Crippen molar-refractivity contribution in [1.82, 2.24) is 0 Å². The summed E-state index contributed by atoms with van der Waals surface area (Å²) in [6, 6.07) is 0. The van der Waals surface area contributed by atoms with Gasteiger partial charge in [0.15, 0.2) is 0 Å². The van der Waals surface area contributed by atoms with Gasteiger partial charge in [0, 0.05) is 23.7 Å². The van der Waals surface area contributed by atoms with E-state index in [2.05, 4.69) is 55.4 Å². The monoisotopic (exact) mass is 321 g/mol. The Kier molecular flexibility index (Phi) is 10.8. The van der Waals surface area contributed by atoms with Gasteiger partial charge in [0.05, 0.1) is 26.2 Å². The second-order valence-corrected chi connectivity index (χ2v) is 7.65. The maximum absolute atomic E-state index is 2.37. The molecule has 0 unspecified atom stereocenters. The number of quaternary nitrogens is 1. The zero-order valence-corrected chi connectivity index (χ0v) is 15.5. The first-order chi connectivity index (χ1) is 7.67. The number of hydrogen-bond donors (Lipinski definition) is 0. The van der Waals surface area contributed by atoms with Crippen molar-refractivity contribution < 1.29 is 21.5 Å². The molecule has 0 aliphatic rings. The molecule has 0 aromatic heterocycles. The molecule has 0 aromatic carbocycles. The highest BCUT2D eigenvalue weighted by Crippen LogP contribution is 2.21. The summed E-state index contributed by atoms with van der Waals surface area (Å²) < 4.78 is 1.32. The summed E-state index contributed by atoms with van der Waals surface area (Å²) in [6.45, 7) is 24.3. The summed E-state index contributed by atoms with van der Waals surface area (Å²) in [6.07, 6.45) is 0. The molecule has 0 aliphatic heterocycles. The second kappa shape index (κ2) is 9.36. The summed E-state index contributed by atoms with van der Waals surface area (Å²) >= 11 is 0. The van der Waals surface area contributed by atoms with Crippen molar-refractivity contribution in [3.63, 3.8) is 0 Å². The zero-order chi connectivity index (χ0) is 13.6. The molecule has 0 radical (unpaired) electrons. The maximum Gasteiger partial charge on any atom is 0.0810 e. The average molecular weight is 322 g/mol. The number of halogens is 1. The van der Waals surface area contributed by atoms with Crippen molar-refractivity contribution in [3.05, 3.63) is 0 Å². The molecule has 18 heavy (non-hydrogen) atoms. The number of hydrogen-bond acceptors (Lipinski definition) is 0. The van der Waals surface area contributed by atoms with E-state index in [1.807, 2.05) is 0 Å². The molecule has 2 heteroatoms. The highest BCUT2D eigenvalue weighted by molar-refractivity contribution is 4.57. The predicted molar refractivity (Wildman–Crippen MR) is 79.1 cm³/mol. The highest BCUT2D eigenvalue weighted by atomic mass is 79.9. The van der Waals surface area contributed by atoms with Crippen LogP contribution in [0.5, 0.6) is 0 Å². The molecular weight excluding hydrogens is 286 g/mol.